The highest BCUT2D eigenvalue weighted by Crippen LogP contribution is 2.08. The van der Waals surface area contributed by atoms with Crippen LogP contribution in [0.2, 0.25) is 0 Å². The number of piperidine rings is 1. The lowest BCUT2D eigenvalue weighted by Crippen LogP contribution is -2.32. The summed E-state index contributed by atoms with van der Waals surface area (Å²) in [6, 6.07) is 5.89. The van der Waals surface area contributed by atoms with Crippen molar-refractivity contribution in [3.63, 3.8) is 0 Å². The van der Waals surface area contributed by atoms with Gasteiger partial charge in [-0.1, -0.05) is 12.5 Å². The van der Waals surface area contributed by atoms with Gasteiger partial charge in [-0.3, -0.25) is 0 Å². The Balaban J connectivity index is 1.58. The molecule has 0 unspecified atom stereocenters. The van der Waals surface area contributed by atoms with Gasteiger partial charge < -0.3 is 15.0 Å². The summed E-state index contributed by atoms with van der Waals surface area (Å²) in [5, 5.41) is 3.45. The second kappa shape index (κ2) is 8.12. The predicted molar refractivity (Wildman–Crippen MR) is 77.4 cm³/mol. The summed E-state index contributed by atoms with van der Waals surface area (Å²) in [6.07, 6.45) is 5.38. The molecule has 0 amide bonds. The fraction of sp³-hybridized carbons (Fsp3) is 0.667. The average Bonchev–Trinajstić information content (AvgIpc) is 2.48. The zero-order valence-electron chi connectivity index (χ0n) is 11.9. The number of methoxy groups -OCH3 is 1. The largest absolute Gasteiger partial charge is 0.481 e. The van der Waals surface area contributed by atoms with Gasteiger partial charge in [0, 0.05) is 12.6 Å². The van der Waals surface area contributed by atoms with E-state index in [0.29, 0.717) is 5.88 Å². The van der Waals surface area contributed by atoms with Crippen molar-refractivity contribution in [1.82, 2.24) is 15.2 Å². The highest BCUT2D eigenvalue weighted by Gasteiger charge is 2.08. The standard InChI is InChI=1S/C15H25N3O/c1-19-15-8-5-7-14(17-15)13-16-9-6-12-18-10-3-2-4-11-18/h5,7-8,16H,2-4,6,9-13H2,1H3. The van der Waals surface area contributed by atoms with Crippen LogP contribution >= 0.6 is 0 Å². The maximum atomic E-state index is 5.12. The highest BCUT2D eigenvalue weighted by molar-refractivity contribution is 5.15. The van der Waals surface area contributed by atoms with Crippen LogP contribution in [0, 0.1) is 0 Å². The van der Waals surface area contributed by atoms with Crippen molar-refractivity contribution >= 4 is 0 Å². The number of pyridine rings is 1. The van der Waals surface area contributed by atoms with Gasteiger partial charge in [-0.05, 0) is 51.5 Å². The lowest BCUT2D eigenvalue weighted by molar-refractivity contribution is 0.225. The third kappa shape index (κ3) is 5.17. The van der Waals surface area contributed by atoms with Gasteiger partial charge in [0.2, 0.25) is 5.88 Å². The van der Waals surface area contributed by atoms with E-state index in [2.05, 4.69) is 15.2 Å². The quantitative estimate of drug-likeness (QED) is 0.764. The number of aromatic nitrogens is 1. The average molecular weight is 263 g/mol. The summed E-state index contributed by atoms with van der Waals surface area (Å²) in [4.78, 5) is 6.96. The second-order valence-electron chi connectivity index (χ2n) is 5.10. The monoisotopic (exact) mass is 263 g/mol. The Kier molecular flexibility index (Phi) is 6.11. The first-order valence-corrected chi connectivity index (χ1v) is 7.31. The number of likely N-dealkylation sites (tertiary alicyclic amines) is 1. The molecule has 0 spiro atoms. The van der Waals surface area contributed by atoms with Crippen molar-refractivity contribution in [2.45, 2.75) is 32.2 Å². The molecule has 1 saturated heterocycles. The summed E-state index contributed by atoms with van der Waals surface area (Å²) in [7, 11) is 1.65. The van der Waals surface area contributed by atoms with Crippen molar-refractivity contribution < 1.29 is 4.74 Å². The molecule has 1 fully saturated rings. The summed E-state index contributed by atoms with van der Waals surface area (Å²) in [5.74, 6) is 0.688. The Morgan fingerprint density at radius 3 is 2.89 bits per heavy atom. The number of hydrogen-bond donors (Lipinski definition) is 1. The van der Waals surface area contributed by atoms with E-state index < -0.39 is 0 Å². The maximum absolute atomic E-state index is 5.12. The normalized spacial score (nSPS) is 16.5. The molecular formula is C15H25N3O. The zero-order valence-corrected chi connectivity index (χ0v) is 11.9. The number of nitrogens with one attached hydrogen (secondary N) is 1. The molecule has 1 N–H and O–H groups in total. The molecule has 1 aromatic heterocycles. The molecule has 0 atom stereocenters. The maximum Gasteiger partial charge on any atom is 0.213 e. The molecule has 19 heavy (non-hydrogen) atoms. The fourth-order valence-electron chi connectivity index (χ4n) is 2.50. The van der Waals surface area contributed by atoms with Crippen molar-refractivity contribution in [3.8, 4) is 5.88 Å². The Morgan fingerprint density at radius 2 is 2.11 bits per heavy atom. The molecular weight excluding hydrogens is 238 g/mol. The zero-order chi connectivity index (χ0) is 13.3. The van der Waals surface area contributed by atoms with Gasteiger partial charge in [-0.15, -0.1) is 0 Å². The van der Waals surface area contributed by atoms with E-state index in [4.69, 9.17) is 4.74 Å². The number of rotatable bonds is 7. The van der Waals surface area contributed by atoms with Crippen LogP contribution in [0.1, 0.15) is 31.4 Å². The van der Waals surface area contributed by atoms with E-state index in [0.717, 1.165) is 18.8 Å². The van der Waals surface area contributed by atoms with Crippen molar-refractivity contribution in [2.24, 2.45) is 0 Å². The predicted octanol–water partition coefficient (Wildman–Crippen LogP) is 2.06. The van der Waals surface area contributed by atoms with Crippen LogP contribution in [0.5, 0.6) is 5.88 Å². The van der Waals surface area contributed by atoms with Crippen LogP contribution in [-0.4, -0.2) is 43.2 Å². The first-order valence-electron chi connectivity index (χ1n) is 7.31. The summed E-state index contributed by atoms with van der Waals surface area (Å²) < 4.78 is 5.12. The van der Waals surface area contributed by atoms with E-state index in [9.17, 15) is 0 Å². The van der Waals surface area contributed by atoms with Gasteiger partial charge in [0.25, 0.3) is 0 Å². The van der Waals surface area contributed by atoms with Gasteiger partial charge in [0.15, 0.2) is 0 Å². The second-order valence-corrected chi connectivity index (χ2v) is 5.10. The number of nitrogens with zero attached hydrogens (tertiary/aromatic N) is 2. The van der Waals surface area contributed by atoms with Crippen molar-refractivity contribution in [2.75, 3.05) is 33.3 Å². The molecule has 106 valence electrons. The van der Waals surface area contributed by atoms with Crippen LogP contribution in [0.4, 0.5) is 0 Å². The number of hydrogen-bond acceptors (Lipinski definition) is 4. The van der Waals surface area contributed by atoms with Gasteiger partial charge >= 0.3 is 0 Å². The van der Waals surface area contributed by atoms with Crippen molar-refractivity contribution in [3.05, 3.63) is 23.9 Å². The minimum atomic E-state index is 0.688. The molecule has 4 nitrogen and oxygen atoms in total. The summed E-state index contributed by atoms with van der Waals surface area (Å²) in [5.41, 5.74) is 1.04. The summed E-state index contributed by atoms with van der Waals surface area (Å²) in [6.45, 7) is 5.67. The third-order valence-electron chi connectivity index (χ3n) is 3.57. The Labute approximate surface area is 116 Å². The van der Waals surface area contributed by atoms with Gasteiger partial charge in [-0.2, -0.15) is 0 Å². The van der Waals surface area contributed by atoms with E-state index in [1.807, 2.05) is 18.2 Å². The van der Waals surface area contributed by atoms with E-state index in [1.165, 1.54) is 45.3 Å². The van der Waals surface area contributed by atoms with Crippen LogP contribution < -0.4 is 10.1 Å². The molecule has 0 aliphatic carbocycles. The van der Waals surface area contributed by atoms with Crippen LogP contribution in [-0.2, 0) is 6.54 Å². The molecule has 0 aromatic carbocycles. The Morgan fingerprint density at radius 1 is 1.26 bits per heavy atom. The van der Waals surface area contributed by atoms with E-state index in [1.54, 1.807) is 7.11 Å². The van der Waals surface area contributed by atoms with Gasteiger partial charge in [0.05, 0.1) is 12.8 Å². The third-order valence-corrected chi connectivity index (χ3v) is 3.57. The molecule has 0 radical (unpaired) electrons. The first kappa shape index (κ1) is 14.3. The molecule has 1 aromatic rings. The van der Waals surface area contributed by atoms with Crippen LogP contribution in [0.25, 0.3) is 0 Å². The van der Waals surface area contributed by atoms with E-state index >= 15 is 0 Å². The topological polar surface area (TPSA) is 37.4 Å². The van der Waals surface area contributed by atoms with Crippen LogP contribution in [0.3, 0.4) is 0 Å². The summed E-state index contributed by atoms with van der Waals surface area (Å²) >= 11 is 0. The minimum Gasteiger partial charge on any atom is -0.481 e. The van der Waals surface area contributed by atoms with E-state index in [-0.39, 0.29) is 0 Å². The minimum absolute atomic E-state index is 0.688. The molecule has 2 rings (SSSR count). The smallest absolute Gasteiger partial charge is 0.213 e. The van der Waals surface area contributed by atoms with Gasteiger partial charge in [-0.25, -0.2) is 4.98 Å². The molecule has 0 saturated carbocycles. The highest BCUT2D eigenvalue weighted by atomic mass is 16.5. The Bertz CT molecular complexity index is 364. The molecule has 4 heteroatoms. The van der Waals surface area contributed by atoms with Crippen LogP contribution in [0.15, 0.2) is 18.2 Å². The lowest BCUT2D eigenvalue weighted by Gasteiger charge is -2.26. The first-order chi connectivity index (χ1) is 9.38. The number of ether oxygens (including phenoxy) is 1. The fourth-order valence-corrected chi connectivity index (χ4v) is 2.50. The van der Waals surface area contributed by atoms with Gasteiger partial charge in [0.1, 0.15) is 0 Å². The molecule has 1 aliphatic rings. The Hall–Kier alpha value is -1.13. The molecule has 2 heterocycles. The lowest BCUT2D eigenvalue weighted by atomic mass is 10.1. The molecule has 0 bridgehead atoms. The SMILES string of the molecule is COc1cccc(CNCCCN2CCCCC2)n1. The van der Waals surface area contributed by atoms with Crippen molar-refractivity contribution in [1.29, 1.82) is 0 Å². The molecule has 1 aliphatic heterocycles.